The van der Waals surface area contributed by atoms with E-state index in [0.717, 1.165) is 6.07 Å². The van der Waals surface area contributed by atoms with E-state index in [9.17, 15) is 13.6 Å². The SMILES string of the molecule is Nc1ccc(C(=O)Cc2c(F)ccc(Br)c2F)cc1. The Morgan fingerprint density at radius 1 is 1.11 bits per heavy atom. The van der Waals surface area contributed by atoms with Crippen LogP contribution in [0, 0.1) is 11.6 Å². The van der Waals surface area contributed by atoms with Gasteiger partial charge in [-0.05, 0) is 52.3 Å². The molecule has 2 rings (SSSR count). The minimum absolute atomic E-state index is 0.133. The first-order chi connectivity index (χ1) is 8.99. The molecular weight excluding hydrogens is 316 g/mol. The summed E-state index contributed by atoms with van der Waals surface area (Å²) in [6.45, 7) is 0. The third kappa shape index (κ3) is 2.98. The molecule has 0 saturated carbocycles. The van der Waals surface area contributed by atoms with Gasteiger partial charge in [0.1, 0.15) is 11.6 Å². The van der Waals surface area contributed by atoms with E-state index in [1.807, 2.05) is 0 Å². The average Bonchev–Trinajstić information content (AvgIpc) is 2.40. The third-order valence-electron chi connectivity index (χ3n) is 2.71. The predicted octanol–water partition coefficient (Wildman–Crippen LogP) is 3.73. The van der Waals surface area contributed by atoms with Crippen LogP contribution in [0.3, 0.4) is 0 Å². The normalized spacial score (nSPS) is 10.5. The molecule has 0 amide bonds. The van der Waals surface area contributed by atoms with Gasteiger partial charge in [0.15, 0.2) is 5.78 Å². The summed E-state index contributed by atoms with van der Waals surface area (Å²) in [5.41, 5.74) is 6.16. The van der Waals surface area contributed by atoms with E-state index in [1.165, 1.54) is 18.2 Å². The van der Waals surface area contributed by atoms with Crippen molar-refractivity contribution in [1.82, 2.24) is 0 Å². The summed E-state index contributed by atoms with van der Waals surface area (Å²) in [7, 11) is 0. The highest BCUT2D eigenvalue weighted by Crippen LogP contribution is 2.23. The zero-order chi connectivity index (χ0) is 14.0. The lowest BCUT2D eigenvalue weighted by atomic mass is 10.0. The van der Waals surface area contributed by atoms with Gasteiger partial charge in [-0.15, -0.1) is 0 Å². The van der Waals surface area contributed by atoms with E-state index >= 15 is 0 Å². The highest BCUT2D eigenvalue weighted by molar-refractivity contribution is 9.10. The maximum absolute atomic E-state index is 13.7. The zero-order valence-electron chi connectivity index (χ0n) is 9.79. The van der Waals surface area contributed by atoms with Crippen molar-refractivity contribution in [3.63, 3.8) is 0 Å². The predicted molar refractivity (Wildman–Crippen MR) is 72.9 cm³/mol. The van der Waals surface area contributed by atoms with Crippen LogP contribution in [0.4, 0.5) is 14.5 Å². The van der Waals surface area contributed by atoms with Crippen molar-refractivity contribution in [2.75, 3.05) is 5.73 Å². The van der Waals surface area contributed by atoms with Gasteiger partial charge in [0.25, 0.3) is 0 Å². The number of nitrogens with two attached hydrogens (primary N) is 1. The fraction of sp³-hybridized carbons (Fsp3) is 0.0714. The molecule has 0 saturated heterocycles. The number of nitrogen functional groups attached to an aromatic ring is 1. The van der Waals surface area contributed by atoms with Gasteiger partial charge < -0.3 is 5.73 Å². The van der Waals surface area contributed by atoms with Crippen molar-refractivity contribution in [1.29, 1.82) is 0 Å². The molecule has 2 nitrogen and oxygen atoms in total. The highest BCUT2D eigenvalue weighted by Gasteiger charge is 2.16. The summed E-state index contributed by atoms with van der Waals surface area (Å²) in [6.07, 6.45) is -0.332. The fourth-order valence-corrected chi connectivity index (χ4v) is 2.03. The van der Waals surface area contributed by atoms with E-state index in [2.05, 4.69) is 15.9 Å². The van der Waals surface area contributed by atoms with Crippen LogP contribution in [0.5, 0.6) is 0 Å². The second-order valence-corrected chi connectivity index (χ2v) is 4.90. The number of ketones is 1. The fourth-order valence-electron chi connectivity index (χ4n) is 1.66. The van der Waals surface area contributed by atoms with Crippen LogP contribution >= 0.6 is 15.9 Å². The van der Waals surface area contributed by atoms with Crippen molar-refractivity contribution < 1.29 is 13.6 Å². The number of hydrogen-bond donors (Lipinski definition) is 1. The lowest BCUT2D eigenvalue weighted by Crippen LogP contribution is -2.08. The molecule has 0 bridgehead atoms. The van der Waals surface area contributed by atoms with Gasteiger partial charge in [-0.2, -0.15) is 0 Å². The van der Waals surface area contributed by atoms with Gasteiger partial charge in [0.2, 0.25) is 0 Å². The molecule has 0 aromatic heterocycles. The number of carbonyl (C=O) groups is 1. The van der Waals surface area contributed by atoms with Crippen LogP contribution in [0.15, 0.2) is 40.9 Å². The van der Waals surface area contributed by atoms with Crippen LogP contribution in [-0.2, 0) is 6.42 Å². The molecule has 98 valence electrons. The molecule has 0 unspecified atom stereocenters. The lowest BCUT2D eigenvalue weighted by molar-refractivity contribution is 0.0990. The summed E-state index contributed by atoms with van der Waals surface area (Å²) in [6, 6.07) is 8.60. The maximum Gasteiger partial charge on any atom is 0.167 e. The molecule has 0 atom stereocenters. The molecule has 0 spiro atoms. The monoisotopic (exact) mass is 325 g/mol. The Bertz CT molecular complexity index is 626. The van der Waals surface area contributed by atoms with Crippen LogP contribution < -0.4 is 5.73 Å². The van der Waals surface area contributed by atoms with E-state index in [-0.39, 0.29) is 22.2 Å². The summed E-state index contributed by atoms with van der Waals surface area (Å²) >= 11 is 2.97. The van der Waals surface area contributed by atoms with Crippen molar-refractivity contribution in [3.8, 4) is 0 Å². The van der Waals surface area contributed by atoms with E-state index in [4.69, 9.17) is 5.73 Å². The van der Waals surface area contributed by atoms with E-state index < -0.39 is 11.6 Å². The maximum atomic E-state index is 13.7. The first-order valence-electron chi connectivity index (χ1n) is 5.50. The zero-order valence-corrected chi connectivity index (χ0v) is 11.4. The minimum Gasteiger partial charge on any atom is -0.399 e. The van der Waals surface area contributed by atoms with E-state index in [1.54, 1.807) is 12.1 Å². The number of anilines is 1. The summed E-state index contributed by atoms with van der Waals surface area (Å²) in [5, 5.41) is 0. The summed E-state index contributed by atoms with van der Waals surface area (Å²) in [4.78, 5) is 12.0. The summed E-state index contributed by atoms with van der Waals surface area (Å²) in [5.74, 6) is -1.84. The van der Waals surface area contributed by atoms with Crippen molar-refractivity contribution in [2.45, 2.75) is 6.42 Å². The van der Waals surface area contributed by atoms with Crippen LogP contribution in [0.1, 0.15) is 15.9 Å². The molecule has 2 aromatic carbocycles. The average molecular weight is 326 g/mol. The topological polar surface area (TPSA) is 43.1 Å². The molecule has 0 aliphatic carbocycles. The molecule has 0 radical (unpaired) electrons. The van der Waals surface area contributed by atoms with Crippen LogP contribution in [0.2, 0.25) is 0 Å². The van der Waals surface area contributed by atoms with Gasteiger partial charge in [-0.25, -0.2) is 8.78 Å². The number of carbonyl (C=O) groups excluding carboxylic acids is 1. The molecule has 0 aliphatic heterocycles. The second kappa shape index (κ2) is 5.48. The molecule has 5 heteroatoms. The minimum atomic E-state index is -0.746. The molecule has 19 heavy (non-hydrogen) atoms. The van der Waals surface area contributed by atoms with Gasteiger partial charge >= 0.3 is 0 Å². The largest absolute Gasteiger partial charge is 0.399 e. The van der Waals surface area contributed by atoms with Crippen LogP contribution in [-0.4, -0.2) is 5.78 Å². The Labute approximate surface area is 117 Å². The number of Topliss-reactive ketones (excluding diaryl/α,β-unsaturated/α-hetero) is 1. The summed E-state index contributed by atoms with van der Waals surface area (Å²) < 4.78 is 27.4. The third-order valence-corrected chi connectivity index (χ3v) is 3.32. The lowest BCUT2D eigenvalue weighted by Gasteiger charge is -2.06. The van der Waals surface area contributed by atoms with Crippen molar-refractivity contribution >= 4 is 27.4 Å². The molecule has 2 aromatic rings. The smallest absolute Gasteiger partial charge is 0.167 e. The van der Waals surface area contributed by atoms with Crippen LogP contribution in [0.25, 0.3) is 0 Å². The van der Waals surface area contributed by atoms with Gasteiger partial charge in [-0.1, -0.05) is 0 Å². The highest BCUT2D eigenvalue weighted by atomic mass is 79.9. The number of benzene rings is 2. The molecular formula is C14H10BrF2NO. The van der Waals surface area contributed by atoms with Crippen molar-refractivity contribution in [2.24, 2.45) is 0 Å². The molecule has 0 heterocycles. The molecule has 0 fully saturated rings. The Morgan fingerprint density at radius 3 is 2.37 bits per heavy atom. The van der Waals surface area contributed by atoms with E-state index in [0.29, 0.717) is 11.3 Å². The van der Waals surface area contributed by atoms with Crippen molar-refractivity contribution in [3.05, 3.63) is 63.6 Å². The quantitative estimate of drug-likeness (QED) is 0.530. The first-order valence-corrected chi connectivity index (χ1v) is 6.29. The number of halogens is 3. The Kier molecular flexibility index (Phi) is 3.95. The number of rotatable bonds is 3. The number of hydrogen-bond acceptors (Lipinski definition) is 2. The standard InChI is InChI=1S/C14H10BrF2NO/c15-11-5-6-12(16)10(14(11)17)7-13(19)8-1-3-9(18)4-2-8/h1-6H,7,18H2. The van der Waals surface area contributed by atoms with Gasteiger partial charge in [0.05, 0.1) is 4.47 Å². The molecule has 2 N–H and O–H groups in total. The second-order valence-electron chi connectivity index (χ2n) is 4.04. The molecule has 0 aliphatic rings. The van der Waals surface area contributed by atoms with Gasteiger partial charge in [-0.3, -0.25) is 4.79 Å². The Balaban J connectivity index is 2.29. The Hall–Kier alpha value is -1.75. The van der Waals surface area contributed by atoms with Gasteiger partial charge in [0, 0.05) is 23.2 Å². The Morgan fingerprint density at radius 2 is 1.74 bits per heavy atom. The first kappa shape index (κ1) is 13.7.